The van der Waals surface area contributed by atoms with E-state index in [-0.39, 0.29) is 24.0 Å². The molecule has 2 amide bonds. The van der Waals surface area contributed by atoms with Crippen LogP contribution in [0.15, 0.2) is 18.2 Å². The molecule has 148 valence electrons. The van der Waals surface area contributed by atoms with Crippen molar-refractivity contribution >= 4 is 11.8 Å². The van der Waals surface area contributed by atoms with E-state index in [2.05, 4.69) is 15.2 Å². The van der Waals surface area contributed by atoms with Gasteiger partial charge in [0.05, 0.1) is 12.6 Å². The van der Waals surface area contributed by atoms with Gasteiger partial charge in [-0.3, -0.25) is 14.5 Å². The van der Waals surface area contributed by atoms with Crippen molar-refractivity contribution in [2.24, 2.45) is 0 Å². The molecule has 0 saturated carbocycles. The van der Waals surface area contributed by atoms with Crippen LogP contribution in [0.25, 0.3) is 0 Å². The lowest BCUT2D eigenvalue weighted by atomic mass is 9.97. The monoisotopic (exact) mass is 374 g/mol. The number of amides is 2. The van der Waals surface area contributed by atoms with Gasteiger partial charge in [0, 0.05) is 38.3 Å². The molecule has 0 aliphatic carbocycles. The van der Waals surface area contributed by atoms with Gasteiger partial charge in [-0.2, -0.15) is 0 Å². The van der Waals surface area contributed by atoms with Crippen LogP contribution < -0.4 is 10.1 Å². The lowest BCUT2D eigenvalue weighted by Crippen LogP contribution is -2.52. The minimum absolute atomic E-state index is 0.0145. The van der Waals surface area contributed by atoms with Crippen molar-refractivity contribution in [1.82, 2.24) is 20.1 Å². The van der Waals surface area contributed by atoms with Crippen molar-refractivity contribution in [3.8, 4) is 5.88 Å². The Bertz CT molecular complexity index is 678. The number of nitrogens with one attached hydrogen (secondary N) is 1. The van der Waals surface area contributed by atoms with Crippen LogP contribution in [-0.4, -0.2) is 71.5 Å². The van der Waals surface area contributed by atoms with Crippen LogP contribution in [0.1, 0.15) is 50.0 Å². The standard InChI is InChI=1S/C20H30N4O3/c1-13(2)27-18-7-5-6-17(22-18)20(26)21-14-10-15-8-9-16(11-14)24(15)12-19(25)23(3)4/h5-7,13-16H,8-12H2,1-4H3,(H,21,26). The van der Waals surface area contributed by atoms with Crippen LogP contribution in [0, 0.1) is 0 Å². The van der Waals surface area contributed by atoms with Gasteiger partial charge in [0.1, 0.15) is 5.69 Å². The van der Waals surface area contributed by atoms with Crippen molar-refractivity contribution in [3.63, 3.8) is 0 Å². The first-order valence-corrected chi connectivity index (χ1v) is 9.74. The SMILES string of the molecule is CC(C)Oc1cccc(C(=O)NC2CC3CCC(C2)N3CC(=O)N(C)C)n1. The average molecular weight is 374 g/mol. The first-order chi connectivity index (χ1) is 12.8. The van der Waals surface area contributed by atoms with Crippen molar-refractivity contribution in [2.75, 3.05) is 20.6 Å². The number of carbonyl (C=O) groups is 2. The molecule has 3 heterocycles. The van der Waals surface area contributed by atoms with Gasteiger partial charge >= 0.3 is 0 Å². The summed E-state index contributed by atoms with van der Waals surface area (Å²) in [6.45, 7) is 4.33. The Labute approximate surface area is 161 Å². The molecule has 1 N–H and O–H groups in total. The third-order valence-electron chi connectivity index (χ3n) is 5.35. The molecular weight excluding hydrogens is 344 g/mol. The Morgan fingerprint density at radius 1 is 1.26 bits per heavy atom. The van der Waals surface area contributed by atoms with Gasteiger partial charge < -0.3 is 15.0 Å². The Balaban J connectivity index is 1.59. The van der Waals surface area contributed by atoms with Crippen molar-refractivity contribution in [3.05, 3.63) is 23.9 Å². The largest absolute Gasteiger partial charge is 0.475 e. The zero-order valence-electron chi connectivity index (χ0n) is 16.6. The van der Waals surface area contributed by atoms with Crippen molar-refractivity contribution < 1.29 is 14.3 Å². The smallest absolute Gasteiger partial charge is 0.270 e. The Kier molecular flexibility index (Phi) is 5.99. The summed E-state index contributed by atoms with van der Waals surface area (Å²) < 4.78 is 5.58. The van der Waals surface area contributed by atoms with E-state index in [0.717, 1.165) is 25.7 Å². The fraction of sp³-hybridized carbons (Fsp3) is 0.650. The molecule has 1 aromatic rings. The van der Waals surface area contributed by atoms with Gasteiger partial charge in [-0.05, 0) is 45.6 Å². The number of ether oxygens (including phenoxy) is 1. The molecule has 0 spiro atoms. The van der Waals surface area contributed by atoms with Gasteiger partial charge in [-0.15, -0.1) is 0 Å². The van der Waals surface area contributed by atoms with Gasteiger partial charge in [0.15, 0.2) is 0 Å². The normalized spacial score (nSPS) is 24.7. The lowest BCUT2D eigenvalue weighted by molar-refractivity contribution is -0.131. The molecule has 2 aliphatic rings. The van der Waals surface area contributed by atoms with Crippen LogP contribution in [-0.2, 0) is 4.79 Å². The molecule has 2 atom stereocenters. The average Bonchev–Trinajstić information content (AvgIpc) is 2.84. The lowest BCUT2D eigenvalue weighted by Gasteiger charge is -2.39. The molecule has 0 aromatic carbocycles. The van der Waals surface area contributed by atoms with Crippen LogP contribution >= 0.6 is 0 Å². The molecule has 7 nitrogen and oxygen atoms in total. The van der Waals surface area contributed by atoms with Gasteiger partial charge in [0.2, 0.25) is 11.8 Å². The maximum Gasteiger partial charge on any atom is 0.270 e. The Hall–Kier alpha value is -2.15. The number of hydrogen-bond acceptors (Lipinski definition) is 5. The molecule has 7 heteroatoms. The molecule has 0 radical (unpaired) electrons. The highest BCUT2D eigenvalue weighted by atomic mass is 16.5. The molecule has 2 bridgehead atoms. The minimum atomic E-state index is -0.161. The second-order valence-electron chi connectivity index (χ2n) is 8.01. The molecule has 1 aromatic heterocycles. The fourth-order valence-electron chi connectivity index (χ4n) is 4.06. The summed E-state index contributed by atoms with van der Waals surface area (Å²) in [5.74, 6) is 0.446. The highest BCUT2D eigenvalue weighted by Crippen LogP contribution is 2.35. The zero-order chi connectivity index (χ0) is 19.6. The third-order valence-corrected chi connectivity index (χ3v) is 5.35. The quantitative estimate of drug-likeness (QED) is 0.820. The minimum Gasteiger partial charge on any atom is -0.475 e. The number of pyridine rings is 1. The summed E-state index contributed by atoms with van der Waals surface area (Å²) >= 11 is 0. The van der Waals surface area contributed by atoms with Crippen LogP contribution in [0.4, 0.5) is 0 Å². The zero-order valence-corrected chi connectivity index (χ0v) is 16.6. The van der Waals surface area contributed by atoms with Gasteiger partial charge in [0.25, 0.3) is 5.91 Å². The second kappa shape index (κ2) is 8.25. The molecule has 27 heavy (non-hydrogen) atoms. The first kappa shape index (κ1) is 19.6. The highest BCUT2D eigenvalue weighted by Gasteiger charge is 2.42. The Morgan fingerprint density at radius 3 is 2.52 bits per heavy atom. The maximum atomic E-state index is 12.6. The predicted molar refractivity (Wildman–Crippen MR) is 103 cm³/mol. The van der Waals surface area contributed by atoms with Gasteiger partial charge in [-0.25, -0.2) is 4.98 Å². The number of carbonyl (C=O) groups excluding carboxylic acids is 2. The number of likely N-dealkylation sites (N-methyl/N-ethyl adjacent to an activating group) is 1. The topological polar surface area (TPSA) is 74.8 Å². The fourth-order valence-corrected chi connectivity index (χ4v) is 4.06. The van der Waals surface area contributed by atoms with E-state index in [0.29, 0.717) is 30.2 Å². The van der Waals surface area contributed by atoms with Crippen molar-refractivity contribution in [2.45, 2.75) is 63.8 Å². The molecule has 2 aliphatic heterocycles. The summed E-state index contributed by atoms with van der Waals surface area (Å²) in [5.41, 5.74) is 0.380. The van der Waals surface area contributed by atoms with E-state index < -0.39 is 0 Å². The summed E-state index contributed by atoms with van der Waals surface area (Å²) in [7, 11) is 3.59. The molecule has 3 rings (SSSR count). The summed E-state index contributed by atoms with van der Waals surface area (Å²) in [6.07, 6.45) is 3.96. The number of fused-ring (bicyclic) bond motifs is 2. The van der Waals surface area contributed by atoms with E-state index in [1.54, 1.807) is 37.2 Å². The summed E-state index contributed by atoms with van der Waals surface area (Å²) in [6, 6.07) is 6.11. The molecule has 2 saturated heterocycles. The number of hydrogen-bond donors (Lipinski definition) is 1. The molecule has 2 unspecified atom stereocenters. The number of aromatic nitrogens is 1. The van der Waals surface area contributed by atoms with Crippen molar-refractivity contribution in [1.29, 1.82) is 0 Å². The number of rotatable bonds is 6. The van der Waals surface area contributed by atoms with E-state index in [4.69, 9.17) is 4.74 Å². The third kappa shape index (κ3) is 4.77. The van der Waals surface area contributed by atoms with Crippen LogP contribution in [0.5, 0.6) is 5.88 Å². The van der Waals surface area contributed by atoms with Crippen LogP contribution in [0.2, 0.25) is 0 Å². The van der Waals surface area contributed by atoms with Crippen LogP contribution in [0.3, 0.4) is 0 Å². The summed E-state index contributed by atoms with van der Waals surface area (Å²) in [5, 5.41) is 3.13. The maximum absolute atomic E-state index is 12.6. The van der Waals surface area contributed by atoms with E-state index in [9.17, 15) is 9.59 Å². The predicted octanol–water partition coefficient (Wildman–Crippen LogP) is 1.68. The number of piperidine rings is 1. The van der Waals surface area contributed by atoms with Gasteiger partial charge in [-0.1, -0.05) is 6.07 Å². The first-order valence-electron chi connectivity index (χ1n) is 9.74. The molecular formula is C20H30N4O3. The van der Waals surface area contributed by atoms with E-state index in [1.807, 2.05) is 13.8 Å². The highest BCUT2D eigenvalue weighted by molar-refractivity contribution is 5.92. The summed E-state index contributed by atoms with van der Waals surface area (Å²) in [4.78, 5) is 33.0. The molecule has 2 fully saturated rings. The Morgan fingerprint density at radius 2 is 1.93 bits per heavy atom. The van der Waals surface area contributed by atoms with E-state index in [1.165, 1.54) is 0 Å². The second-order valence-corrected chi connectivity index (χ2v) is 8.01. The number of nitrogens with zero attached hydrogens (tertiary/aromatic N) is 3. The van der Waals surface area contributed by atoms with E-state index >= 15 is 0 Å².